The van der Waals surface area contributed by atoms with Crippen LogP contribution in [-0.2, 0) is 6.42 Å². The summed E-state index contributed by atoms with van der Waals surface area (Å²) in [6.07, 6.45) is 0.841. The molecule has 0 N–H and O–H groups in total. The third-order valence-electron chi connectivity index (χ3n) is 3.20. The molecule has 2 aromatic carbocycles. The lowest BCUT2D eigenvalue weighted by molar-refractivity contribution is 0.101. The molecule has 19 heavy (non-hydrogen) atoms. The van der Waals surface area contributed by atoms with Gasteiger partial charge in [0.25, 0.3) is 0 Å². The highest BCUT2D eigenvalue weighted by molar-refractivity contribution is 5.96. The second kappa shape index (κ2) is 5.49. The van der Waals surface area contributed by atoms with E-state index in [1.165, 1.54) is 0 Å². The molecule has 0 aliphatic carbocycles. The Hall–Kier alpha value is -2.40. The van der Waals surface area contributed by atoms with E-state index in [9.17, 15) is 4.79 Å². The first-order valence-corrected chi connectivity index (χ1v) is 6.30. The fourth-order valence-electron chi connectivity index (χ4n) is 2.16. The van der Waals surface area contributed by atoms with Crippen LogP contribution in [0.1, 0.15) is 35.3 Å². The van der Waals surface area contributed by atoms with Gasteiger partial charge in [0, 0.05) is 5.56 Å². The monoisotopic (exact) mass is 249 g/mol. The Morgan fingerprint density at radius 1 is 1.16 bits per heavy atom. The quantitative estimate of drug-likeness (QED) is 0.772. The number of Topliss-reactive ketones (excluding diaryl/α,β-unsaturated/α-hetero) is 1. The molecule has 2 aromatic rings. The Bertz CT molecular complexity index is 665. The van der Waals surface area contributed by atoms with Crippen LogP contribution in [-0.4, -0.2) is 5.78 Å². The van der Waals surface area contributed by atoms with Crippen molar-refractivity contribution in [2.75, 3.05) is 0 Å². The van der Waals surface area contributed by atoms with E-state index >= 15 is 0 Å². The summed E-state index contributed by atoms with van der Waals surface area (Å²) in [5.41, 5.74) is 4.39. The molecule has 0 saturated heterocycles. The fraction of sp³-hybridized carbons (Fsp3) is 0.176. The summed E-state index contributed by atoms with van der Waals surface area (Å²) in [6.45, 7) is 3.63. The molecule has 0 bridgehead atoms. The number of nitriles is 1. The second-order valence-electron chi connectivity index (χ2n) is 4.47. The van der Waals surface area contributed by atoms with E-state index in [0.29, 0.717) is 5.56 Å². The van der Waals surface area contributed by atoms with Gasteiger partial charge >= 0.3 is 0 Å². The normalized spacial score (nSPS) is 9.95. The number of hydrogen-bond acceptors (Lipinski definition) is 2. The molecular formula is C17H15NO. The van der Waals surface area contributed by atoms with Crippen LogP contribution in [0.15, 0.2) is 42.5 Å². The van der Waals surface area contributed by atoms with Crippen molar-refractivity contribution in [2.24, 2.45) is 0 Å². The van der Waals surface area contributed by atoms with Gasteiger partial charge in [0.05, 0.1) is 11.6 Å². The third-order valence-corrected chi connectivity index (χ3v) is 3.20. The molecule has 0 radical (unpaired) electrons. The van der Waals surface area contributed by atoms with Crippen LogP contribution < -0.4 is 0 Å². The number of benzene rings is 2. The standard InChI is InChI=1S/C17H15NO/c1-3-14-7-8-16(10-17(14)12(2)19)15-6-4-5-13(9-15)11-18/h4-10H,3H2,1-2H3. The van der Waals surface area contributed by atoms with Crippen LogP contribution in [0.3, 0.4) is 0 Å². The topological polar surface area (TPSA) is 40.9 Å². The first-order chi connectivity index (χ1) is 9.15. The van der Waals surface area contributed by atoms with E-state index in [1.807, 2.05) is 43.3 Å². The lowest BCUT2D eigenvalue weighted by atomic mass is 9.95. The third kappa shape index (κ3) is 2.71. The molecule has 0 aliphatic rings. The van der Waals surface area contributed by atoms with Crippen LogP contribution in [0.4, 0.5) is 0 Å². The Morgan fingerprint density at radius 3 is 2.53 bits per heavy atom. The maximum absolute atomic E-state index is 11.7. The first kappa shape index (κ1) is 13.0. The van der Waals surface area contributed by atoms with E-state index < -0.39 is 0 Å². The zero-order valence-corrected chi connectivity index (χ0v) is 11.1. The van der Waals surface area contributed by atoms with Crippen LogP contribution in [0.2, 0.25) is 0 Å². The van der Waals surface area contributed by atoms with Crippen molar-refractivity contribution in [1.29, 1.82) is 5.26 Å². The van der Waals surface area contributed by atoms with Gasteiger partial charge in [-0.05, 0) is 48.2 Å². The highest BCUT2D eigenvalue weighted by atomic mass is 16.1. The molecule has 2 heteroatoms. The van der Waals surface area contributed by atoms with E-state index in [2.05, 4.69) is 6.07 Å². The van der Waals surface area contributed by atoms with Crippen LogP contribution in [0.25, 0.3) is 11.1 Å². The van der Waals surface area contributed by atoms with Gasteiger partial charge in [0.15, 0.2) is 5.78 Å². The number of carbonyl (C=O) groups is 1. The summed E-state index contributed by atoms with van der Waals surface area (Å²) in [6, 6.07) is 15.5. The molecule has 0 spiro atoms. The zero-order chi connectivity index (χ0) is 13.8. The minimum atomic E-state index is 0.0788. The van der Waals surface area contributed by atoms with E-state index in [-0.39, 0.29) is 5.78 Å². The van der Waals surface area contributed by atoms with E-state index in [0.717, 1.165) is 28.7 Å². The smallest absolute Gasteiger partial charge is 0.160 e. The lowest BCUT2D eigenvalue weighted by Gasteiger charge is -2.08. The maximum atomic E-state index is 11.7. The summed E-state index contributed by atoms with van der Waals surface area (Å²) in [7, 11) is 0. The van der Waals surface area contributed by atoms with Crippen LogP contribution in [0, 0.1) is 11.3 Å². The summed E-state index contributed by atoms with van der Waals surface area (Å²) in [5, 5.41) is 8.93. The van der Waals surface area contributed by atoms with E-state index in [4.69, 9.17) is 5.26 Å². The summed E-state index contributed by atoms with van der Waals surface area (Å²) >= 11 is 0. The molecule has 0 aromatic heterocycles. The molecular weight excluding hydrogens is 234 g/mol. The molecule has 0 heterocycles. The van der Waals surface area contributed by atoms with Gasteiger partial charge in [-0.3, -0.25) is 4.79 Å². The van der Waals surface area contributed by atoms with Crippen molar-refractivity contribution >= 4 is 5.78 Å². The fourth-order valence-corrected chi connectivity index (χ4v) is 2.16. The van der Waals surface area contributed by atoms with Crippen molar-refractivity contribution in [3.8, 4) is 17.2 Å². The molecule has 2 rings (SSSR count). The molecule has 0 aliphatic heterocycles. The molecule has 2 nitrogen and oxygen atoms in total. The first-order valence-electron chi connectivity index (χ1n) is 6.30. The summed E-state index contributed by atoms with van der Waals surface area (Å²) < 4.78 is 0. The van der Waals surface area contributed by atoms with Crippen molar-refractivity contribution in [3.05, 3.63) is 59.2 Å². The number of rotatable bonds is 3. The number of hydrogen-bond donors (Lipinski definition) is 0. The molecule has 0 unspecified atom stereocenters. The zero-order valence-electron chi connectivity index (χ0n) is 11.1. The van der Waals surface area contributed by atoms with Crippen LogP contribution in [0.5, 0.6) is 0 Å². The largest absolute Gasteiger partial charge is 0.295 e. The van der Waals surface area contributed by atoms with Gasteiger partial charge in [-0.15, -0.1) is 0 Å². The molecule has 0 atom stereocenters. The lowest BCUT2D eigenvalue weighted by Crippen LogP contribution is -1.99. The Kier molecular flexibility index (Phi) is 3.77. The molecule has 94 valence electrons. The summed E-state index contributed by atoms with van der Waals surface area (Å²) in [5.74, 6) is 0.0788. The molecule has 0 saturated carbocycles. The van der Waals surface area contributed by atoms with Gasteiger partial charge in [-0.25, -0.2) is 0 Å². The van der Waals surface area contributed by atoms with Crippen molar-refractivity contribution in [3.63, 3.8) is 0 Å². The van der Waals surface area contributed by atoms with Gasteiger partial charge in [-0.2, -0.15) is 5.26 Å². The summed E-state index contributed by atoms with van der Waals surface area (Å²) in [4.78, 5) is 11.7. The Labute approximate surface area is 113 Å². The maximum Gasteiger partial charge on any atom is 0.160 e. The van der Waals surface area contributed by atoms with E-state index in [1.54, 1.807) is 13.0 Å². The number of nitrogens with zero attached hydrogens (tertiary/aromatic N) is 1. The second-order valence-corrected chi connectivity index (χ2v) is 4.47. The average molecular weight is 249 g/mol. The average Bonchev–Trinajstić information content (AvgIpc) is 2.46. The molecule has 0 fully saturated rings. The van der Waals surface area contributed by atoms with Crippen molar-refractivity contribution < 1.29 is 4.79 Å². The Morgan fingerprint density at radius 2 is 1.89 bits per heavy atom. The highest BCUT2D eigenvalue weighted by Crippen LogP contribution is 2.24. The number of carbonyl (C=O) groups excluding carboxylic acids is 1. The highest BCUT2D eigenvalue weighted by Gasteiger charge is 2.08. The molecule has 0 amide bonds. The SMILES string of the molecule is CCc1ccc(-c2cccc(C#N)c2)cc1C(C)=O. The van der Waals surface area contributed by atoms with Crippen LogP contribution >= 0.6 is 0 Å². The van der Waals surface area contributed by atoms with Gasteiger partial charge in [-0.1, -0.05) is 31.2 Å². The minimum absolute atomic E-state index is 0.0788. The predicted molar refractivity (Wildman–Crippen MR) is 76.0 cm³/mol. The van der Waals surface area contributed by atoms with Gasteiger partial charge in [0.2, 0.25) is 0 Å². The number of aryl methyl sites for hydroxylation is 1. The van der Waals surface area contributed by atoms with Crippen molar-refractivity contribution in [2.45, 2.75) is 20.3 Å². The predicted octanol–water partition coefficient (Wildman–Crippen LogP) is 3.99. The minimum Gasteiger partial charge on any atom is -0.295 e. The van der Waals surface area contributed by atoms with Gasteiger partial charge < -0.3 is 0 Å². The van der Waals surface area contributed by atoms with Gasteiger partial charge in [0.1, 0.15) is 0 Å². The van der Waals surface area contributed by atoms with Crippen molar-refractivity contribution in [1.82, 2.24) is 0 Å². The Balaban J connectivity index is 2.54. The number of ketones is 1.